The van der Waals surface area contributed by atoms with Crippen molar-refractivity contribution in [2.24, 2.45) is 0 Å². The number of hydrogen-bond donors (Lipinski definition) is 0. The molecule has 0 spiro atoms. The van der Waals surface area contributed by atoms with Gasteiger partial charge in [-0.15, -0.1) is 0 Å². The van der Waals surface area contributed by atoms with Gasteiger partial charge in [-0.25, -0.2) is 4.98 Å². The summed E-state index contributed by atoms with van der Waals surface area (Å²) in [7, 11) is 0. The summed E-state index contributed by atoms with van der Waals surface area (Å²) in [5.41, 5.74) is 4.75. The van der Waals surface area contributed by atoms with Crippen LogP contribution in [0.5, 0.6) is 0 Å². The number of fused-ring (bicyclic) bond motifs is 1. The van der Waals surface area contributed by atoms with E-state index in [0.29, 0.717) is 0 Å². The lowest BCUT2D eigenvalue weighted by Crippen LogP contribution is -2.42. The molecule has 0 saturated carbocycles. The number of allylic oxidation sites excluding steroid dienone is 2. The normalized spacial score (nSPS) is 13.1. The lowest BCUT2D eigenvalue weighted by molar-refractivity contribution is 0.128. The Morgan fingerprint density at radius 3 is 2.52 bits per heavy atom. The highest BCUT2D eigenvalue weighted by molar-refractivity contribution is 5.85. The Morgan fingerprint density at radius 1 is 1.22 bits per heavy atom. The SMILES string of the molecule is CC=C(C)c1cc(C(C)(C)N(CC)CCC)c2ccccc2n1. The molecule has 0 saturated heterocycles. The Morgan fingerprint density at radius 2 is 1.91 bits per heavy atom. The van der Waals surface area contributed by atoms with Gasteiger partial charge in [-0.3, -0.25) is 4.90 Å². The Bertz CT molecular complexity index is 698. The fourth-order valence-corrected chi connectivity index (χ4v) is 3.30. The first kappa shape index (κ1) is 17.7. The molecule has 2 aromatic rings. The molecule has 0 bridgehead atoms. The van der Waals surface area contributed by atoms with Gasteiger partial charge < -0.3 is 0 Å². The zero-order chi connectivity index (χ0) is 17.0. The third kappa shape index (κ3) is 3.48. The Kier molecular flexibility index (Phi) is 5.59. The van der Waals surface area contributed by atoms with Gasteiger partial charge in [-0.2, -0.15) is 0 Å². The quantitative estimate of drug-likeness (QED) is 0.688. The fourth-order valence-electron chi connectivity index (χ4n) is 3.30. The lowest BCUT2D eigenvalue weighted by Gasteiger charge is -2.39. The molecule has 0 aliphatic rings. The minimum atomic E-state index is -0.0178. The maximum Gasteiger partial charge on any atom is 0.0712 e. The summed E-state index contributed by atoms with van der Waals surface area (Å²) in [4.78, 5) is 7.42. The standard InChI is InChI=1S/C21H30N2/c1-7-14-23(9-3)21(5,6)18-15-20(16(4)8-2)22-19-13-11-10-12-17(18)19/h8,10-13,15H,7,9,14H2,1-6H3. The third-order valence-corrected chi connectivity index (χ3v) is 4.88. The van der Waals surface area contributed by atoms with Crippen molar-refractivity contribution in [3.8, 4) is 0 Å². The monoisotopic (exact) mass is 310 g/mol. The van der Waals surface area contributed by atoms with E-state index >= 15 is 0 Å². The van der Waals surface area contributed by atoms with Crippen LogP contribution in [0.4, 0.5) is 0 Å². The summed E-state index contributed by atoms with van der Waals surface area (Å²) in [6.07, 6.45) is 3.30. The molecule has 0 unspecified atom stereocenters. The van der Waals surface area contributed by atoms with Crippen LogP contribution >= 0.6 is 0 Å². The summed E-state index contributed by atoms with van der Waals surface area (Å²) in [5.74, 6) is 0. The number of rotatable bonds is 6. The number of benzene rings is 1. The lowest BCUT2D eigenvalue weighted by atomic mass is 9.88. The van der Waals surface area contributed by atoms with Crippen molar-refractivity contribution in [2.75, 3.05) is 13.1 Å². The maximum absolute atomic E-state index is 4.86. The zero-order valence-electron chi connectivity index (χ0n) is 15.5. The van der Waals surface area contributed by atoms with E-state index in [-0.39, 0.29) is 5.54 Å². The molecule has 0 radical (unpaired) electrons. The molecule has 0 aliphatic carbocycles. The summed E-state index contributed by atoms with van der Waals surface area (Å²) in [6, 6.07) is 10.8. The van der Waals surface area contributed by atoms with Gasteiger partial charge >= 0.3 is 0 Å². The van der Waals surface area contributed by atoms with Gasteiger partial charge in [-0.1, -0.05) is 38.1 Å². The van der Waals surface area contributed by atoms with E-state index in [2.05, 4.69) is 82.9 Å². The van der Waals surface area contributed by atoms with Crippen LogP contribution in [0.3, 0.4) is 0 Å². The molecule has 124 valence electrons. The number of para-hydroxylation sites is 1. The number of pyridine rings is 1. The van der Waals surface area contributed by atoms with Gasteiger partial charge in [0.05, 0.1) is 11.2 Å². The molecule has 0 atom stereocenters. The summed E-state index contributed by atoms with van der Waals surface area (Å²) in [6.45, 7) is 15.5. The van der Waals surface area contributed by atoms with E-state index in [1.807, 2.05) is 0 Å². The van der Waals surface area contributed by atoms with Crippen LogP contribution in [-0.4, -0.2) is 23.0 Å². The van der Waals surface area contributed by atoms with Crippen LogP contribution in [-0.2, 0) is 5.54 Å². The number of hydrogen-bond acceptors (Lipinski definition) is 2. The number of aromatic nitrogens is 1. The van der Waals surface area contributed by atoms with Crippen LogP contribution in [0.2, 0.25) is 0 Å². The first-order valence-electron chi connectivity index (χ1n) is 8.74. The Balaban J connectivity index is 2.70. The average Bonchev–Trinajstić information content (AvgIpc) is 2.57. The number of nitrogens with zero attached hydrogens (tertiary/aromatic N) is 2. The second-order valence-corrected chi connectivity index (χ2v) is 6.68. The van der Waals surface area contributed by atoms with E-state index in [0.717, 1.165) is 24.3 Å². The van der Waals surface area contributed by atoms with E-state index in [1.54, 1.807) is 0 Å². The van der Waals surface area contributed by atoms with Crippen LogP contribution in [0.15, 0.2) is 36.4 Å². The molecule has 0 amide bonds. The zero-order valence-corrected chi connectivity index (χ0v) is 15.5. The van der Waals surface area contributed by atoms with Crippen molar-refractivity contribution in [2.45, 2.75) is 53.5 Å². The minimum absolute atomic E-state index is 0.0178. The predicted molar refractivity (Wildman–Crippen MR) is 102 cm³/mol. The highest BCUT2D eigenvalue weighted by Gasteiger charge is 2.29. The van der Waals surface area contributed by atoms with Crippen LogP contribution in [0.1, 0.15) is 59.2 Å². The molecular weight excluding hydrogens is 280 g/mol. The molecule has 0 N–H and O–H groups in total. The maximum atomic E-state index is 4.86. The van der Waals surface area contributed by atoms with Crippen LogP contribution in [0, 0.1) is 0 Å². The van der Waals surface area contributed by atoms with E-state index < -0.39 is 0 Å². The van der Waals surface area contributed by atoms with Gasteiger partial charge in [0.1, 0.15) is 0 Å². The van der Waals surface area contributed by atoms with Gasteiger partial charge in [0.2, 0.25) is 0 Å². The van der Waals surface area contributed by atoms with Gasteiger partial charge in [-0.05, 0) is 70.5 Å². The molecule has 2 rings (SSSR count). The predicted octanol–water partition coefficient (Wildman–Crippen LogP) is 5.63. The van der Waals surface area contributed by atoms with Crippen LogP contribution in [0.25, 0.3) is 16.5 Å². The van der Waals surface area contributed by atoms with Crippen molar-refractivity contribution in [1.82, 2.24) is 9.88 Å². The van der Waals surface area contributed by atoms with Gasteiger partial charge in [0, 0.05) is 10.9 Å². The van der Waals surface area contributed by atoms with E-state index in [9.17, 15) is 0 Å². The first-order valence-corrected chi connectivity index (χ1v) is 8.74. The highest BCUT2D eigenvalue weighted by atomic mass is 15.2. The van der Waals surface area contributed by atoms with Gasteiger partial charge in [0.25, 0.3) is 0 Å². The molecule has 1 aromatic carbocycles. The highest BCUT2D eigenvalue weighted by Crippen LogP contribution is 2.34. The third-order valence-electron chi connectivity index (χ3n) is 4.88. The second kappa shape index (κ2) is 7.27. The molecule has 2 nitrogen and oxygen atoms in total. The molecule has 1 heterocycles. The molecule has 1 aromatic heterocycles. The second-order valence-electron chi connectivity index (χ2n) is 6.68. The average molecular weight is 310 g/mol. The largest absolute Gasteiger partial charge is 0.294 e. The molecule has 0 aliphatic heterocycles. The molecular formula is C21H30N2. The van der Waals surface area contributed by atoms with Crippen molar-refractivity contribution in [1.29, 1.82) is 0 Å². The smallest absolute Gasteiger partial charge is 0.0712 e. The molecule has 2 heteroatoms. The van der Waals surface area contributed by atoms with E-state index in [1.165, 1.54) is 22.9 Å². The molecule has 23 heavy (non-hydrogen) atoms. The minimum Gasteiger partial charge on any atom is -0.294 e. The van der Waals surface area contributed by atoms with Crippen molar-refractivity contribution >= 4 is 16.5 Å². The fraction of sp³-hybridized carbons (Fsp3) is 0.476. The van der Waals surface area contributed by atoms with Crippen molar-refractivity contribution in [3.05, 3.63) is 47.7 Å². The molecule has 0 fully saturated rings. The Hall–Kier alpha value is -1.67. The van der Waals surface area contributed by atoms with Crippen molar-refractivity contribution < 1.29 is 0 Å². The summed E-state index contributed by atoms with van der Waals surface area (Å²) < 4.78 is 0. The summed E-state index contributed by atoms with van der Waals surface area (Å²) >= 11 is 0. The first-order chi connectivity index (χ1) is 11.0. The van der Waals surface area contributed by atoms with Crippen molar-refractivity contribution in [3.63, 3.8) is 0 Å². The topological polar surface area (TPSA) is 16.1 Å². The van der Waals surface area contributed by atoms with Crippen LogP contribution < -0.4 is 0 Å². The summed E-state index contributed by atoms with van der Waals surface area (Å²) in [5, 5.41) is 1.26. The van der Waals surface area contributed by atoms with Gasteiger partial charge in [0.15, 0.2) is 0 Å². The Labute approximate surface area is 141 Å². The van der Waals surface area contributed by atoms with E-state index in [4.69, 9.17) is 4.98 Å².